The van der Waals surface area contributed by atoms with Gasteiger partial charge in [-0.1, -0.05) is 23.7 Å². The van der Waals surface area contributed by atoms with Crippen molar-refractivity contribution in [1.29, 1.82) is 0 Å². The maximum atomic E-state index is 13.1. The number of methoxy groups -OCH3 is 1. The van der Waals surface area contributed by atoms with Crippen molar-refractivity contribution < 1.29 is 18.7 Å². The average molecular weight is 462 g/mol. The molecule has 4 nitrogen and oxygen atoms in total. The van der Waals surface area contributed by atoms with E-state index in [4.69, 9.17) is 11.6 Å². The van der Waals surface area contributed by atoms with Crippen LogP contribution in [-0.2, 0) is 9.53 Å². The number of amides is 1. The third-order valence-corrected chi connectivity index (χ3v) is 4.52. The van der Waals surface area contributed by atoms with Gasteiger partial charge in [-0.2, -0.15) is 0 Å². The normalized spacial score (nSPS) is 11.7. The number of esters is 1. The molecule has 2 aromatic rings. The summed E-state index contributed by atoms with van der Waals surface area (Å²) in [6.45, 7) is 0. The fraction of sp³-hybridized carbons (Fsp3) is 0.176. The molecule has 7 heteroatoms. The van der Waals surface area contributed by atoms with Crippen molar-refractivity contribution in [2.24, 2.45) is 0 Å². The van der Waals surface area contributed by atoms with Gasteiger partial charge in [0.05, 0.1) is 25.1 Å². The lowest BCUT2D eigenvalue weighted by Gasteiger charge is -2.19. The van der Waals surface area contributed by atoms with Crippen molar-refractivity contribution in [2.45, 2.75) is 12.5 Å². The lowest BCUT2D eigenvalue weighted by molar-refractivity contribution is -0.141. The fourth-order valence-electron chi connectivity index (χ4n) is 2.10. The molecule has 1 amide bonds. The Morgan fingerprint density at radius 2 is 1.92 bits per heavy atom. The zero-order valence-corrected chi connectivity index (χ0v) is 15.6. The minimum atomic E-state index is -0.639. The summed E-state index contributed by atoms with van der Waals surface area (Å²) in [7, 11) is 1.27. The lowest BCUT2D eigenvalue weighted by atomic mass is 10.0. The molecule has 1 N–H and O–H groups in total. The number of ether oxygens (including phenoxy) is 1. The molecule has 0 heterocycles. The molecule has 1 atom stereocenters. The van der Waals surface area contributed by atoms with Crippen LogP contribution >= 0.6 is 34.2 Å². The SMILES string of the molecule is COC(=O)CC(NC(=O)c1cc(Cl)ccc1I)c1ccc(F)cc1. The van der Waals surface area contributed by atoms with Crippen LogP contribution in [0.25, 0.3) is 0 Å². The highest BCUT2D eigenvalue weighted by atomic mass is 127. The maximum Gasteiger partial charge on any atom is 0.307 e. The van der Waals surface area contributed by atoms with Crippen molar-refractivity contribution in [3.05, 3.63) is 68.0 Å². The summed E-state index contributed by atoms with van der Waals surface area (Å²) in [6, 6.07) is 9.91. The Balaban J connectivity index is 2.27. The van der Waals surface area contributed by atoms with E-state index >= 15 is 0 Å². The highest BCUT2D eigenvalue weighted by Crippen LogP contribution is 2.22. The third kappa shape index (κ3) is 4.91. The minimum Gasteiger partial charge on any atom is -0.469 e. The van der Waals surface area contributed by atoms with Crippen LogP contribution < -0.4 is 5.32 Å². The van der Waals surface area contributed by atoms with Gasteiger partial charge < -0.3 is 10.1 Å². The number of benzene rings is 2. The van der Waals surface area contributed by atoms with E-state index in [0.717, 1.165) is 3.57 Å². The smallest absolute Gasteiger partial charge is 0.307 e. The second kappa shape index (κ2) is 8.43. The first kappa shape index (κ1) is 18.7. The van der Waals surface area contributed by atoms with Gasteiger partial charge in [-0.25, -0.2) is 4.39 Å². The summed E-state index contributed by atoms with van der Waals surface area (Å²) < 4.78 is 18.5. The second-order valence-corrected chi connectivity index (χ2v) is 6.58. The first-order chi connectivity index (χ1) is 11.4. The van der Waals surface area contributed by atoms with Crippen LogP contribution in [0.15, 0.2) is 42.5 Å². The summed E-state index contributed by atoms with van der Waals surface area (Å²) in [6.07, 6.45) is -0.0645. The van der Waals surface area contributed by atoms with Crippen molar-refractivity contribution in [3.63, 3.8) is 0 Å². The van der Waals surface area contributed by atoms with Gasteiger partial charge in [0.2, 0.25) is 0 Å². The van der Waals surface area contributed by atoms with Crippen LogP contribution in [0.3, 0.4) is 0 Å². The van der Waals surface area contributed by atoms with Crippen LogP contribution in [0.5, 0.6) is 0 Å². The van der Waals surface area contributed by atoms with Crippen molar-refractivity contribution >= 4 is 46.1 Å². The second-order valence-electron chi connectivity index (χ2n) is 4.98. The van der Waals surface area contributed by atoms with Gasteiger partial charge in [0.1, 0.15) is 5.82 Å². The molecule has 0 aliphatic heterocycles. The van der Waals surface area contributed by atoms with E-state index in [1.54, 1.807) is 18.2 Å². The topological polar surface area (TPSA) is 55.4 Å². The van der Waals surface area contributed by atoms with Crippen molar-refractivity contribution in [3.8, 4) is 0 Å². The highest BCUT2D eigenvalue weighted by Gasteiger charge is 2.21. The van der Waals surface area contributed by atoms with Crippen LogP contribution in [0.1, 0.15) is 28.4 Å². The molecule has 0 aromatic heterocycles. The molecule has 126 valence electrons. The number of rotatable bonds is 5. The Kier molecular flexibility index (Phi) is 6.56. The number of nitrogens with one attached hydrogen (secondary N) is 1. The molecular weight excluding hydrogens is 448 g/mol. The monoisotopic (exact) mass is 461 g/mol. The third-order valence-electron chi connectivity index (χ3n) is 3.35. The van der Waals surface area contributed by atoms with Crippen molar-refractivity contribution in [2.75, 3.05) is 7.11 Å². The lowest BCUT2D eigenvalue weighted by Crippen LogP contribution is -2.31. The Hall–Kier alpha value is -1.67. The Morgan fingerprint density at radius 1 is 1.25 bits per heavy atom. The number of hydrogen-bond donors (Lipinski definition) is 1. The molecular formula is C17H14ClFINO3. The van der Waals surface area contributed by atoms with Gasteiger partial charge in [-0.15, -0.1) is 0 Å². The van der Waals surface area contributed by atoms with Gasteiger partial charge >= 0.3 is 5.97 Å². The van der Waals surface area contributed by atoms with Gasteiger partial charge in [-0.05, 0) is 58.5 Å². The number of halogens is 3. The van der Waals surface area contributed by atoms with Gasteiger partial charge in [0.15, 0.2) is 0 Å². The van der Waals surface area contributed by atoms with E-state index in [-0.39, 0.29) is 12.3 Å². The highest BCUT2D eigenvalue weighted by molar-refractivity contribution is 14.1. The molecule has 0 radical (unpaired) electrons. The van der Waals surface area contributed by atoms with Crippen LogP contribution in [0.2, 0.25) is 5.02 Å². The Bertz CT molecular complexity index is 752. The van der Waals surface area contributed by atoms with E-state index in [1.807, 2.05) is 22.6 Å². The maximum absolute atomic E-state index is 13.1. The zero-order chi connectivity index (χ0) is 17.7. The molecule has 2 aromatic carbocycles. The zero-order valence-electron chi connectivity index (χ0n) is 12.7. The minimum absolute atomic E-state index is 0.0645. The molecule has 0 saturated carbocycles. The Morgan fingerprint density at radius 3 is 2.54 bits per heavy atom. The fourth-order valence-corrected chi connectivity index (χ4v) is 2.86. The first-order valence-electron chi connectivity index (χ1n) is 6.99. The molecule has 0 saturated heterocycles. The molecule has 0 bridgehead atoms. The molecule has 1 unspecified atom stereocenters. The number of hydrogen-bond acceptors (Lipinski definition) is 3. The molecule has 0 aliphatic carbocycles. The first-order valence-corrected chi connectivity index (χ1v) is 8.44. The van der Waals surface area contributed by atoms with Crippen LogP contribution in [0, 0.1) is 9.39 Å². The Labute approximate surface area is 157 Å². The predicted molar refractivity (Wildman–Crippen MR) is 97.4 cm³/mol. The summed E-state index contributed by atoms with van der Waals surface area (Å²) in [4.78, 5) is 24.2. The van der Waals surface area contributed by atoms with E-state index < -0.39 is 17.8 Å². The molecule has 0 spiro atoms. The van der Waals surface area contributed by atoms with Crippen LogP contribution in [-0.4, -0.2) is 19.0 Å². The molecule has 0 aliphatic rings. The standard InChI is InChI=1S/C17H14ClFINO3/c1-24-16(22)9-15(10-2-5-12(19)6-3-10)21-17(23)13-8-11(18)4-7-14(13)20/h2-8,15H,9H2,1H3,(H,21,23). The quantitative estimate of drug-likeness (QED) is 0.538. The van der Waals surface area contributed by atoms with E-state index in [9.17, 15) is 14.0 Å². The molecule has 2 rings (SSSR count). The van der Waals surface area contributed by atoms with Gasteiger partial charge in [0.25, 0.3) is 5.91 Å². The van der Waals surface area contributed by atoms with E-state index in [1.165, 1.54) is 31.4 Å². The summed E-state index contributed by atoms with van der Waals surface area (Å²) in [5.74, 6) is -1.25. The predicted octanol–water partition coefficient (Wildman–Crippen LogP) is 4.12. The van der Waals surface area contributed by atoms with E-state index in [0.29, 0.717) is 16.1 Å². The number of carbonyl (C=O) groups is 2. The van der Waals surface area contributed by atoms with Crippen molar-refractivity contribution in [1.82, 2.24) is 5.32 Å². The number of carbonyl (C=O) groups excluding carboxylic acids is 2. The molecule has 24 heavy (non-hydrogen) atoms. The molecule has 0 fully saturated rings. The average Bonchev–Trinajstić information content (AvgIpc) is 2.56. The largest absolute Gasteiger partial charge is 0.469 e. The summed E-state index contributed by atoms with van der Waals surface area (Å²) >= 11 is 7.97. The summed E-state index contributed by atoms with van der Waals surface area (Å²) in [5.41, 5.74) is 1.01. The van der Waals surface area contributed by atoms with E-state index in [2.05, 4.69) is 10.1 Å². The summed E-state index contributed by atoms with van der Waals surface area (Å²) in [5, 5.41) is 3.21. The van der Waals surface area contributed by atoms with Gasteiger partial charge in [0, 0.05) is 8.59 Å². The van der Waals surface area contributed by atoms with Crippen LogP contribution in [0.4, 0.5) is 4.39 Å². The van der Waals surface area contributed by atoms with Gasteiger partial charge in [-0.3, -0.25) is 9.59 Å².